The molecule has 0 radical (unpaired) electrons. The van der Waals surface area contributed by atoms with Gasteiger partial charge in [0.15, 0.2) is 0 Å². The summed E-state index contributed by atoms with van der Waals surface area (Å²) in [6.07, 6.45) is 2.43. The number of carbonyl (C=O) groups is 1. The number of nitrogens with zero attached hydrogens (tertiary/aromatic N) is 3. The molecule has 192 valence electrons. The quantitative estimate of drug-likeness (QED) is 0.232. The lowest BCUT2D eigenvalue weighted by atomic mass is 10.0. The van der Waals surface area contributed by atoms with Crippen molar-refractivity contribution >= 4 is 22.6 Å². The predicted octanol–water partition coefficient (Wildman–Crippen LogP) is 7.16. The number of aromatic nitrogens is 2. The molecule has 0 spiro atoms. The zero-order chi connectivity index (χ0) is 25.9. The molecule has 5 rings (SSSR count). The number of aryl methyl sites for hydroxylation is 3. The van der Waals surface area contributed by atoms with Gasteiger partial charge in [0.05, 0.1) is 17.6 Å². The number of amides is 1. The second kappa shape index (κ2) is 10.8. The van der Waals surface area contributed by atoms with E-state index in [1.807, 2.05) is 17.0 Å². The first-order chi connectivity index (χ1) is 17.9. The van der Waals surface area contributed by atoms with E-state index in [-0.39, 0.29) is 11.8 Å². The molecule has 1 aliphatic rings. The van der Waals surface area contributed by atoms with Crippen molar-refractivity contribution in [3.8, 4) is 5.75 Å². The van der Waals surface area contributed by atoms with Crippen molar-refractivity contribution in [1.29, 1.82) is 0 Å². The molecule has 3 aromatic carbocycles. The van der Waals surface area contributed by atoms with Crippen LogP contribution in [0.5, 0.6) is 5.75 Å². The summed E-state index contributed by atoms with van der Waals surface area (Å²) in [7, 11) is 0. The predicted molar refractivity (Wildman–Crippen MR) is 151 cm³/mol. The Bertz CT molecular complexity index is 1400. The molecule has 0 N–H and O–H groups in total. The second-order valence-electron chi connectivity index (χ2n) is 10.5. The fourth-order valence-electron chi connectivity index (χ4n) is 5.31. The van der Waals surface area contributed by atoms with E-state index in [9.17, 15) is 4.79 Å². The number of hydrogen-bond donors (Lipinski definition) is 0. The SMILES string of the molecule is Cc1ccc(N2CC(c3nc4ccccc4n3CCCCOc3ccccc3C(C)C)CC2=O)cc1C. The fraction of sp³-hybridized carbons (Fsp3) is 0.375. The van der Waals surface area contributed by atoms with Crippen molar-refractivity contribution in [2.75, 3.05) is 18.1 Å². The van der Waals surface area contributed by atoms with Crippen LogP contribution in [-0.4, -0.2) is 28.6 Å². The van der Waals surface area contributed by atoms with Gasteiger partial charge in [-0.1, -0.05) is 50.2 Å². The average Bonchev–Trinajstić information content (AvgIpc) is 3.46. The fourth-order valence-corrected chi connectivity index (χ4v) is 5.31. The van der Waals surface area contributed by atoms with Gasteiger partial charge in [-0.3, -0.25) is 4.79 Å². The van der Waals surface area contributed by atoms with Crippen LogP contribution in [0.15, 0.2) is 66.7 Å². The van der Waals surface area contributed by atoms with Gasteiger partial charge in [-0.15, -0.1) is 0 Å². The highest BCUT2D eigenvalue weighted by atomic mass is 16.5. The maximum Gasteiger partial charge on any atom is 0.227 e. The van der Waals surface area contributed by atoms with Gasteiger partial charge < -0.3 is 14.2 Å². The molecule has 5 heteroatoms. The van der Waals surface area contributed by atoms with Gasteiger partial charge in [-0.25, -0.2) is 4.98 Å². The van der Waals surface area contributed by atoms with Crippen molar-refractivity contribution in [1.82, 2.24) is 9.55 Å². The van der Waals surface area contributed by atoms with Gasteiger partial charge in [0, 0.05) is 31.1 Å². The van der Waals surface area contributed by atoms with E-state index >= 15 is 0 Å². The van der Waals surface area contributed by atoms with Crippen molar-refractivity contribution in [2.45, 2.75) is 65.3 Å². The molecule has 1 unspecified atom stereocenters. The van der Waals surface area contributed by atoms with Gasteiger partial charge in [-0.2, -0.15) is 0 Å². The molecule has 1 amide bonds. The van der Waals surface area contributed by atoms with E-state index in [0.717, 1.165) is 47.7 Å². The minimum atomic E-state index is 0.0793. The van der Waals surface area contributed by atoms with Crippen LogP contribution in [-0.2, 0) is 11.3 Å². The minimum Gasteiger partial charge on any atom is -0.493 e. The first kappa shape index (κ1) is 25.1. The van der Waals surface area contributed by atoms with Gasteiger partial charge in [0.2, 0.25) is 5.91 Å². The summed E-state index contributed by atoms with van der Waals surface area (Å²) in [6.45, 7) is 10.8. The van der Waals surface area contributed by atoms with Gasteiger partial charge in [-0.05, 0) is 79.6 Å². The van der Waals surface area contributed by atoms with Gasteiger partial charge in [0.25, 0.3) is 0 Å². The van der Waals surface area contributed by atoms with Crippen LogP contribution in [0.4, 0.5) is 5.69 Å². The third kappa shape index (κ3) is 5.27. The number of para-hydroxylation sites is 3. The monoisotopic (exact) mass is 495 g/mol. The molecular formula is C32H37N3O2. The highest BCUT2D eigenvalue weighted by Crippen LogP contribution is 2.34. The summed E-state index contributed by atoms with van der Waals surface area (Å²) in [6, 6.07) is 22.9. The smallest absolute Gasteiger partial charge is 0.227 e. The number of carbonyl (C=O) groups excluding carboxylic acids is 1. The van der Waals surface area contributed by atoms with Crippen molar-refractivity contribution in [3.63, 3.8) is 0 Å². The van der Waals surface area contributed by atoms with E-state index in [1.165, 1.54) is 16.7 Å². The molecule has 1 aliphatic heterocycles. The van der Waals surface area contributed by atoms with Crippen LogP contribution in [0, 0.1) is 13.8 Å². The lowest BCUT2D eigenvalue weighted by Crippen LogP contribution is -2.24. The van der Waals surface area contributed by atoms with E-state index < -0.39 is 0 Å². The Labute approximate surface area is 220 Å². The van der Waals surface area contributed by atoms with Crippen LogP contribution in [0.3, 0.4) is 0 Å². The molecular weight excluding hydrogens is 458 g/mol. The third-order valence-corrected chi connectivity index (χ3v) is 7.55. The Kier molecular flexibility index (Phi) is 7.31. The van der Waals surface area contributed by atoms with Crippen LogP contribution in [0.1, 0.15) is 67.5 Å². The van der Waals surface area contributed by atoms with Gasteiger partial charge >= 0.3 is 0 Å². The summed E-state index contributed by atoms with van der Waals surface area (Å²) in [5.74, 6) is 2.70. The lowest BCUT2D eigenvalue weighted by molar-refractivity contribution is -0.117. The molecule has 1 aromatic heterocycles. The largest absolute Gasteiger partial charge is 0.493 e. The zero-order valence-electron chi connectivity index (χ0n) is 22.4. The second-order valence-corrected chi connectivity index (χ2v) is 10.5. The summed E-state index contributed by atoms with van der Waals surface area (Å²) >= 11 is 0. The molecule has 0 bridgehead atoms. The van der Waals surface area contributed by atoms with E-state index in [0.29, 0.717) is 25.5 Å². The number of fused-ring (bicyclic) bond motifs is 1. The Hall–Kier alpha value is -3.60. The number of unbranched alkanes of at least 4 members (excludes halogenated alkanes) is 1. The van der Waals surface area contributed by atoms with Crippen LogP contribution >= 0.6 is 0 Å². The highest BCUT2D eigenvalue weighted by Gasteiger charge is 2.34. The summed E-state index contributed by atoms with van der Waals surface area (Å²) < 4.78 is 8.49. The number of anilines is 1. The summed E-state index contributed by atoms with van der Waals surface area (Å²) in [4.78, 5) is 20.0. The third-order valence-electron chi connectivity index (χ3n) is 7.55. The standard InChI is InChI=1S/C32H37N3O2/c1-22(2)27-11-5-8-14-30(27)37-18-10-9-17-34-29-13-7-6-12-28(29)33-32(34)25-20-31(36)35(21-25)26-16-15-23(3)24(4)19-26/h5-8,11-16,19,22,25H,9-10,17-18,20-21H2,1-4H3. The highest BCUT2D eigenvalue weighted by molar-refractivity contribution is 5.96. The van der Waals surface area contributed by atoms with Crippen LogP contribution in [0.25, 0.3) is 11.0 Å². The average molecular weight is 496 g/mol. The van der Waals surface area contributed by atoms with Crippen molar-refractivity contribution in [3.05, 3.63) is 89.2 Å². The topological polar surface area (TPSA) is 47.4 Å². The number of hydrogen-bond acceptors (Lipinski definition) is 3. The van der Waals surface area contributed by atoms with Gasteiger partial charge in [0.1, 0.15) is 11.6 Å². The zero-order valence-corrected chi connectivity index (χ0v) is 22.4. The Morgan fingerprint density at radius 1 is 0.973 bits per heavy atom. The Morgan fingerprint density at radius 3 is 2.57 bits per heavy atom. The molecule has 1 fully saturated rings. The summed E-state index contributed by atoms with van der Waals surface area (Å²) in [5.41, 5.74) is 6.82. The maximum atomic E-state index is 13.1. The Balaban J connectivity index is 1.29. The molecule has 0 aliphatic carbocycles. The lowest BCUT2D eigenvalue weighted by Gasteiger charge is -2.18. The number of imidazole rings is 1. The number of ether oxygens (including phenoxy) is 1. The van der Waals surface area contributed by atoms with E-state index in [2.05, 4.69) is 86.9 Å². The number of benzene rings is 3. The molecule has 2 heterocycles. The first-order valence-electron chi connectivity index (χ1n) is 13.5. The molecule has 1 saturated heterocycles. The normalized spacial score (nSPS) is 15.8. The van der Waals surface area contributed by atoms with Crippen LogP contribution < -0.4 is 9.64 Å². The van der Waals surface area contributed by atoms with Crippen molar-refractivity contribution in [2.24, 2.45) is 0 Å². The maximum absolute atomic E-state index is 13.1. The molecule has 5 nitrogen and oxygen atoms in total. The Morgan fingerprint density at radius 2 is 1.76 bits per heavy atom. The number of rotatable bonds is 9. The first-order valence-corrected chi connectivity index (χ1v) is 13.5. The minimum absolute atomic E-state index is 0.0793. The molecule has 4 aromatic rings. The molecule has 0 saturated carbocycles. The van der Waals surface area contributed by atoms with E-state index in [4.69, 9.17) is 9.72 Å². The van der Waals surface area contributed by atoms with E-state index in [1.54, 1.807) is 0 Å². The van der Waals surface area contributed by atoms with Crippen LogP contribution in [0.2, 0.25) is 0 Å². The molecule has 37 heavy (non-hydrogen) atoms. The summed E-state index contributed by atoms with van der Waals surface area (Å²) in [5, 5.41) is 0. The van der Waals surface area contributed by atoms with Crippen molar-refractivity contribution < 1.29 is 9.53 Å². The molecule has 1 atom stereocenters.